The summed E-state index contributed by atoms with van der Waals surface area (Å²) in [6.45, 7) is 3.49. The number of hydrogen-bond acceptors (Lipinski definition) is 3. The second kappa shape index (κ2) is 6.58. The highest BCUT2D eigenvalue weighted by molar-refractivity contribution is 9.09. The number of rotatable bonds is 6. The second-order valence-corrected chi connectivity index (χ2v) is 3.76. The van der Waals surface area contributed by atoms with Crippen LogP contribution in [0.1, 0.15) is 16.1 Å². The third kappa shape index (κ3) is 4.01. The molecule has 0 aliphatic heterocycles. The molecule has 0 aliphatic carbocycles. The third-order valence-electron chi connectivity index (χ3n) is 1.83. The highest BCUT2D eigenvalue weighted by Gasteiger charge is 2.09. The van der Waals surface area contributed by atoms with Crippen molar-refractivity contribution in [3.63, 3.8) is 0 Å². The first kappa shape index (κ1) is 12.2. The average molecular weight is 276 g/mol. The Labute approximate surface area is 96.7 Å². The molecule has 0 unspecified atom stereocenters. The Morgan fingerprint density at radius 3 is 3.07 bits per heavy atom. The van der Waals surface area contributed by atoms with E-state index in [2.05, 4.69) is 31.4 Å². The van der Waals surface area contributed by atoms with E-state index in [4.69, 9.17) is 4.74 Å². The van der Waals surface area contributed by atoms with E-state index in [1.807, 2.05) is 6.92 Å². The van der Waals surface area contributed by atoms with Gasteiger partial charge in [-0.15, -0.1) is 0 Å². The summed E-state index contributed by atoms with van der Waals surface area (Å²) in [5.41, 5.74) is 1.35. The number of aromatic nitrogens is 2. The number of carbonyl (C=O) groups is 1. The molecule has 0 atom stereocenters. The van der Waals surface area contributed by atoms with Gasteiger partial charge < -0.3 is 10.1 Å². The lowest BCUT2D eigenvalue weighted by molar-refractivity contribution is 0.0923. The molecule has 1 aromatic heterocycles. The first-order valence-electron chi connectivity index (χ1n) is 4.67. The molecule has 2 N–H and O–H groups in total. The van der Waals surface area contributed by atoms with Crippen molar-refractivity contribution in [3.8, 4) is 0 Å². The fourth-order valence-electron chi connectivity index (χ4n) is 1.07. The molecule has 0 aliphatic rings. The van der Waals surface area contributed by atoms with E-state index in [1.165, 1.54) is 6.20 Å². The van der Waals surface area contributed by atoms with E-state index >= 15 is 0 Å². The maximum Gasteiger partial charge on any atom is 0.254 e. The fraction of sp³-hybridized carbons (Fsp3) is 0.556. The number of nitrogens with zero attached hydrogens (tertiary/aromatic N) is 1. The third-order valence-corrected chi connectivity index (χ3v) is 2.15. The van der Waals surface area contributed by atoms with Crippen molar-refractivity contribution in [2.75, 3.05) is 25.1 Å². The van der Waals surface area contributed by atoms with Crippen LogP contribution in [0.15, 0.2) is 6.20 Å². The van der Waals surface area contributed by atoms with E-state index < -0.39 is 0 Å². The van der Waals surface area contributed by atoms with Crippen LogP contribution in [-0.2, 0) is 4.74 Å². The van der Waals surface area contributed by atoms with Crippen LogP contribution in [-0.4, -0.2) is 41.2 Å². The van der Waals surface area contributed by atoms with Crippen molar-refractivity contribution in [1.29, 1.82) is 0 Å². The lowest BCUT2D eigenvalue weighted by Gasteiger charge is -2.04. The second-order valence-electron chi connectivity index (χ2n) is 2.97. The topological polar surface area (TPSA) is 67.0 Å². The van der Waals surface area contributed by atoms with Gasteiger partial charge in [-0.25, -0.2) is 0 Å². The minimum absolute atomic E-state index is 0.122. The van der Waals surface area contributed by atoms with E-state index in [0.29, 0.717) is 25.3 Å². The number of carbonyl (C=O) groups excluding carboxylic acids is 1. The Morgan fingerprint density at radius 2 is 2.47 bits per heavy atom. The lowest BCUT2D eigenvalue weighted by atomic mass is 10.2. The number of ether oxygens (including phenoxy) is 1. The average Bonchev–Trinajstić information content (AvgIpc) is 2.64. The highest BCUT2D eigenvalue weighted by Crippen LogP contribution is 2.01. The van der Waals surface area contributed by atoms with Gasteiger partial charge in [0, 0.05) is 17.6 Å². The zero-order chi connectivity index (χ0) is 11.1. The van der Waals surface area contributed by atoms with Crippen LogP contribution in [0.4, 0.5) is 0 Å². The van der Waals surface area contributed by atoms with Crippen molar-refractivity contribution in [1.82, 2.24) is 15.5 Å². The summed E-state index contributed by atoms with van der Waals surface area (Å²) in [4.78, 5) is 11.5. The quantitative estimate of drug-likeness (QED) is 0.598. The molecule has 1 amide bonds. The Morgan fingerprint density at radius 1 is 1.67 bits per heavy atom. The molecule has 84 valence electrons. The predicted octanol–water partition coefficient (Wildman–Crippen LogP) is 0.859. The maximum absolute atomic E-state index is 11.5. The molecule has 1 aromatic rings. The summed E-state index contributed by atoms with van der Waals surface area (Å²) in [5.74, 6) is -0.122. The normalized spacial score (nSPS) is 10.3. The predicted molar refractivity (Wildman–Crippen MR) is 60.3 cm³/mol. The standard InChI is InChI=1S/C9H14BrN3O2/c1-7-8(6-12-13-7)9(14)11-3-5-15-4-2-10/h6H,2-5H2,1H3,(H,11,14)(H,12,13). The number of hydrogen-bond donors (Lipinski definition) is 2. The van der Waals surface area contributed by atoms with Crippen LogP contribution >= 0.6 is 15.9 Å². The highest BCUT2D eigenvalue weighted by atomic mass is 79.9. The Balaban J connectivity index is 2.22. The van der Waals surface area contributed by atoms with Crippen molar-refractivity contribution >= 4 is 21.8 Å². The van der Waals surface area contributed by atoms with Gasteiger partial charge >= 0.3 is 0 Å². The number of amides is 1. The van der Waals surface area contributed by atoms with E-state index in [9.17, 15) is 4.79 Å². The van der Waals surface area contributed by atoms with Gasteiger partial charge in [0.1, 0.15) is 0 Å². The molecule has 0 aromatic carbocycles. The number of H-pyrrole nitrogens is 1. The van der Waals surface area contributed by atoms with Gasteiger partial charge in [0.25, 0.3) is 5.91 Å². The minimum atomic E-state index is -0.122. The largest absolute Gasteiger partial charge is 0.379 e. The number of halogens is 1. The van der Waals surface area contributed by atoms with Crippen LogP contribution in [0.25, 0.3) is 0 Å². The summed E-state index contributed by atoms with van der Waals surface area (Å²) in [6.07, 6.45) is 1.52. The summed E-state index contributed by atoms with van der Waals surface area (Å²) in [5, 5.41) is 10.0. The minimum Gasteiger partial charge on any atom is -0.379 e. The van der Waals surface area contributed by atoms with Gasteiger partial charge in [0.05, 0.1) is 25.0 Å². The molecule has 5 nitrogen and oxygen atoms in total. The van der Waals surface area contributed by atoms with Gasteiger partial charge in [-0.2, -0.15) is 5.10 Å². The molecule has 0 bridgehead atoms. The number of nitrogens with one attached hydrogen (secondary N) is 2. The van der Waals surface area contributed by atoms with Crippen LogP contribution in [0.5, 0.6) is 0 Å². The molecular formula is C9H14BrN3O2. The zero-order valence-corrected chi connectivity index (χ0v) is 10.1. The molecule has 0 radical (unpaired) electrons. The van der Waals surface area contributed by atoms with Crippen LogP contribution in [0, 0.1) is 6.92 Å². The van der Waals surface area contributed by atoms with E-state index in [0.717, 1.165) is 11.0 Å². The van der Waals surface area contributed by atoms with Gasteiger partial charge in [0.2, 0.25) is 0 Å². The summed E-state index contributed by atoms with van der Waals surface area (Å²) < 4.78 is 5.20. The van der Waals surface area contributed by atoms with Crippen molar-refractivity contribution < 1.29 is 9.53 Å². The number of aromatic amines is 1. The summed E-state index contributed by atoms with van der Waals surface area (Å²) in [7, 11) is 0. The molecule has 0 saturated carbocycles. The maximum atomic E-state index is 11.5. The van der Waals surface area contributed by atoms with E-state index in [1.54, 1.807) is 0 Å². The van der Waals surface area contributed by atoms with Gasteiger partial charge in [-0.3, -0.25) is 9.89 Å². The van der Waals surface area contributed by atoms with Crippen LogP contribution < -0.4 is 5.32 Å². The lowest BCUT2D eigenvalue weighted by Crippen LogP contribution is -2.27. The van der Waals surface area contributed by atoms with Gasteiger partial charge in [-0.05, 0) is 6.92 Å². The summed E-state index contributed by atoms with van der Waals surface area (Å²) >= 11 is 3.25. The van der Waals surface area contributed by atoms with Crippen molar-refractivity contribution in [2.45, 2.75) is 6.92 Å². The molecule has 1 rings (SSSR count). The molecule has 1 heterocycles. The SMILES string of the molecule is Cc1[nH]ncc1C(=O)NCCOCCBr. The van der Waals surface area contributed by atoms with E-state index in [-0.39, 0.29) is 5.91 Å². The molecule has 0 saturated heterocycles. The van der Waals surface area contributed by atoms with Gasteiger partial charge in [0.15, 0.2) is 0 Å². The Kier molecular flexibility index (Phi) is 5.34. The molecule has 0 fully saturated rings. The number of aryl methyl sites for hydroxylation is 1. The molecular weight excluding hydrogens is 262 g/mol. The Hall–Kier alpha value is -0.880. The van der Waals surface area contributed by atoms with Crippen molar-refractivity contribution in [3.05, 3.63) is 17.5 Å². The van der Waals surface area contributed by atoms with Gasteiger partial charge in [-0.1, -0.05) is 15.9 Å². The fourth-order valence-corrected chi connectivity index (χ4v) is 1.30. The molecule has 0 spiro atoms. The molecule has 15 heavy (non-hydrogen) atoms. The summed E-state index contributed by atoms with van der Waals surface area (Å²) in [6, 6.07) is 0. The zero-order valence-electron chi connectivity index (χ0n) is 8.55. The number of alkyl halides is 1. The Bertz CT molecular complexity index is 314. The smallest absolute Gasteiger partial charge is 0.254 e. The monoisotopic (exact) mass is 275 g/mol. The van der Waals surface area contributed by atoms with Crippen LogP contribution in [0.2, 0.25) is 0 Å². The van der Waals surface area contributed by atoms with Crippen molar-refractivity contribution in [2.24, 2.45) is 0 Å². The van der Waals surface area contributed by atoms with Crippen LogP contribution in [0.3, 0.4) is 0 Å². The molecule has 6 heteroatoms. The first-order chi connectivity index (χ1) is 7.25. The first-order valence-corrected chi connectivity index (χ1v) is 5.79.